The molecule has 0 aromatic rings. The van der Waals surface area contributed by atoms with Crippen molar-refractivity contribution < 1.29 is 14.3 Å². The van der Waals surface area contributed by atoms with Crippen molar-refractivity contribution in [1.82, 2.24) is 15.1 Å². The maximum Gasteiger partial charge on any atom is 0.224 e. The van der Waals surface area contributed by atoms with Crippen LogP contribution in [0.2, 0.25) is 0 Å². The minimum Gasteiger partial charge on any atom is -0.381 e. The van der Waals surface area contributed by atoms with E-state index in [9.17, 15) is 4.79 Å². The Balaban J connectivity index is 0.00000225. The van der Waals surface area contributed by atoms with Gasteiger partial charge >= 0.3 is 0 Å². The van der Waals surface area contributed by atoms with Gasteiger partial charge in [0.25, 0.3) is 0 Å². The van der Waals surface area contributed by atoms with Crippen LogP contribution in [-0.4, -0.2) is 87.4 Å². The van der Waals surface area contributed by atoms with Crippen LogP contribution in [0.1, 0.15) is 26.2 Å². The van der Waals surface area contributed by atoms with Crippen LogP contribution in [0.4, 0.5) is 0 Å². The molecular formula is C17H31IN4O3. The summed E-state index contributed by atoms with van der Waals surface area (Å²) in [6, 6.07) is 0. The summed E-state index contributed by atoms with van der Waals surface area (Å²) in [5.74, 6) is 1.12. The minimum absolute atomic E-state index is 0. The van der Waals surface area contributed by atoms with E-state index in [-0.39, 0.29) is 29.9 Å². The van der Waals surface area contributed by atoms with Gasteiger partial charge in [0.05, 0.1) is 26.4 Å². The van der Waals surface area contributed by atoms with Crippen molar-refractivity contribution in [3.05, 3.63) is 0 Å². The van der Waals surface area contributed by atoms with E-state index in [1.54, 1.807) is 0 Å². The maximum atomic E-state index is 12.2. The average molecular weight is 466 g/mol. The van der Waals surface area contributed by atoms with Gasteiger partial charge in [0.15, 0.2) is 5.96 Å². The average Bonchev–Trinajstić information content (AvgIpc) is 3.25. The molecule has 0 bridgehead atoms. The summed E-state index contributed by atoms with van der Waals surface area (Å²) in [6.07, 6.45) is 2.79. The molecule has 1 amide bonds. The Labute approximate surface area is 167 Å². The zero-order chi connectivity index (χ0) is 16.8. The largest absolute Gasteiger partial charge is 0.381 e. The number of guanidine groups is 1. The normalized spacial score (nSPS) is 26.8. The van der Waals surface area contributed by atoms with Crippen LogP contribution >= 0.6 is 24.0 Å². The number of amides is 1. The van der Waals surface area contributed by atoms with Gasteiger partial charge in [0.2, 0.25) is 5.91 Å². The fourth-order valence-corrected chi connectivity index (χ4v) is 3.74. The number of morpholine rings is 1. The van der Waals surface area contributed by atoms with Crippen molar-refractivity contribution in [2.45, 2.75) is 26.2 Å². The molecule has 144 valence electrons. The molecule has 3 fully saturated rings. The van der Waals surface area contributed by atoms with E-state index in [1.807, 2.05) is 4.90 Å². The summed E-state index contributed by atoms with van der Waals surface area (Å²) < 4.78 is 10.9. The minimum atomic E-state index is 0. The highest BCUT2D eigenvalue weighted by Gasteiger charge is 2.42. The summed E-state index contributed by atoms with van der Waals surface area (Å²) in [6.45, 7) is 9.96. The second kappa shape index (κ2) is 9.91. The second-order valence-electron chi connectivity index (χ2n) is 6.95. The summed E-state index contributed by atoms with van der Waals surface area (Å²) in [7, 11) is 0. The Morgan fingerprint density at radius 1 is 1.12 bits per heavy atom. The first kappa shape index (κ1) is 20.7. The van der Waals surface area contributed by atoms with Gasteiger partial charge in [0.1, 0.15) is 0 Å². The number of nitrogens with one attached hydrogen (secondary N) is 1. The number of carbonyl (C=O) groups is 1. The lowest BCUT2D eigenvalue weighted by Crippen LogP contribution is -2.42. The van der Waals surface area contributed by atoms with Crippen LogP contribution in [0, 0.1) is 5.41 Å². The number of ether oxygens (including phenoxy) is 2. The smallest absolute Gasteiger partial charge is 0.224 e. The van der Waals surface area contributed by atoms with Gasteiger partial charge in [0, 0.05) is 51.2 Å². The quantitative estimate of drug-likeness (QED) is 0.380. The fraction of sp³-hybridized carbons (Fsp3) is 0.882. The zero-order valence-corrected chi connectivity index (χ0v) is 17.5. The molecule has 1 unspecified atom stereocenters. The highest BCUT2D eigenvalue weighted by atomic mass is 127. The van der Waals surface area contributed by atoms with E-state index in [4.69, 9.17) is 14.5 Å². The Morgan fingerprint density at radius 3 is 2.60 bits per heavy atom. The Hall–Kier alpha value is -0.610. The molecule has 1 spiro atoms. The summed E-state index contributed by atoms with van der Waals surface area (Å²) >= 11 is 0. The van der Waals surface area contributed by atoms with Gasteiger partial charge in [-0.05, 0) is 19.8 Å². The number of likely N-dealkylation sites (tertiary alicyclic amines) is 1. The van der Waals surface area contributed by atoms with E-state index in [2.05, 4.69) is 17.1 Å². The molecular weight excluding hydrogens is 435 g/mol. The zero-order valence-electron chi connectivity index (χ0n) is 15.2. The van der Waals surface area contributed by atoms with Crippen LogP contribution in [0.5, 0.6) is 0 Å². The molecule has 25 heavy (non-hydrogen) atoms. The Bertz CT molecular complexity index is 463. The molecule has 0 radical (unpaired) electrons. The van der Waals surface area contributed by atoms with Crippen molar-refractivity contribution in [3.63, 3.8) is 0 Å². The highest BCUT2D eigenvalue weighted by molar-refractivity contribution is 14.0. The molecule has 1 atom stereocenters. The molecule has 3 saturated heterocycles. The van der Waals surface area contributed by atoms with Crippen molar-refractivity contribution in [2.75, 3.05) is 65.7 Å². The maximum absolute atomic E-state index is 12.2. The molecule has 3 aliphatic heterocycles. The third kappa shape index (κ3) is 5.43. The summed E-state index contributed by atoms with van der Waals surface area (Å²) in [5.41, 5.74) is 0.319. The molecule has 1 N–H and O–H groups in total. The number of nitrogens with zero attached hydrogens (tertiary/aromatic N) is 3. The molecule has 7 nitrogen and oxygen atoms in total. The van der Waals surface area contributed by atoms with Gasteiger partial charge < -0.3 is 24.6 Å². The second-order valence-corrected chi connectivity index (χ2v) is 6.95. The van der Waals surface area contributed by atoms with Crippen LogP contribution in [0.3, 0.4) is 0 Å². The van der Waals surface area contributed by atoms with E-state index in [0.29, 0.717) is 44.7 Å². The third-order valence-electron chi connectivity index (χ3n) is 5.21. The molecule has 0 aromatic heterocycles. The number of rotatable bonds is 4. The molecule has 0 aliphatic carbocycles. The lowest BCUT2D eigenvalue weighted by molar-refractivity contribution is -0.135. The lowest BCUT2D eigenvalue weighted by Gasteiger charge is -2.27. The molecule has 0 aromatic carbocycles. The first-order chi connectivity index (χ1) is 11.7. The number of carbonyl (C=O) groups excluding carboxylic acids is 1. The van der Waals surface area contributed by atoms with E-state index >= 15 is 0 Å². The van der Waals surface area contributed by atoms with E-state index < -0.39 is 0 Å². The number of hydrogen-bond donors (Lipinski definition) is 1. The van der Waals surface area contributed by atoms with Crippen LogP contribution in [0.25, 0.3) is 0 Å². The van der Waals surface area contributed by atoms with E-state index in [1.165, 1.54) is 6.42 Å². The van der Waals surface area contributed by atoms with Gasteiger partial charge in [-0.15, -0.1) is 24.0 Å². The molecule has 0 saturated carbocycles. The van der Waals surface area contributed by atoms with Gasteiger partial charge in [-0.3, -0.25) is 9.79 Å². The number of aliphatic imine (C=N–C) groups is 1. The SMILES string of the molecule is CCNC(=NCCC(=O)N1CCOCC1)N1CCC2(CCOC2)C1.I. The summed E-state index contributed by atoms with van der Waals surface area (Å²) in [4.78, 5) is 21.1. The predicted molar refractivity (Wildman–Crippen MR) is 107 cm³/mol. The van der Waals surface area contributed by atoms with Crippen molar-refractivity contribution in [1.29, 1.82) is 0 Å². The van der Waals surface area contributed by atoms with Crippen molar-refractivity contribution >= 4 is 35.8 Å². The van der Waals surface area contributed by atoms with Crippen LogP contribution in [-0.2, 0) is 14.3 Å². The van der Waals surface area contributed by atoms with Crippen molar-refractivity contribution in [2.24, 2.45) is 10.4 Å². The fourth-order valence-electron chi connectivity index (χ4n) is 3.74. The van der Waals surface area contributed by atoms with E-state index in [0.717, 1.165) is 45.2 Å². The van der Waals surface area contributed by atoms with Gasteiger partial charge in [-0.2, -0.15) is 0 Å². The first-order valence-corrected chi connectivity index (χ1v) is 9.19. The Kier molecular flexibility index (Phi) is 8.21. The molecule has 3 rings (SSSR count). The lowest BCUT2D eigenvalue weighted by atomic mass is 9.87. The highest BCUT2D eigenvalue weighted by Crippen LogP contribution is 2.38. The van der Waals surface area contributed by atoms with Gasteiger partial charge in [-0.25, -0.2) is 0 Å². The first-order valence-electron chi connectivity index (χ1n) is 9.19. The topological polar surface area (TPSA) is 66.4 Å². The van der Waals surface area contributed by atoms with Crippen molar-refractivity contribution in [3.8, 4) is 0 Å². The standard InChI is InChI=1S/C17H30N4O3.HI/c1-2-18-16(21-7-4-17(13-21)5-10-24-14-17)19-6-3-15(22)20-8-11-23-12-9-20;/h2-14H2,1H3,(H,18,19);1H. The van der Waals surface area contributed by atoms with Crippen LogP contribution in [0.15, 0.2) is 4.99 Å². The third-order valence-corrected chi connectivity index (χ3v) is 5.21. The number of halogens is 1. The molecule has 3 heterocycles. The molecule has 8 heteroatoms. The van der Waals surface area contributed by atoms with Crippen LogP contribution < -0.4 is 5.32 Å². The van der Waals surface area contributed by atoms with Gasteiger partial charge in [-0.1, -0.05) is 0 Å². The Morgan fingerprint density at radius 2 is 1.92 bits per heavy atom. The predicted octanol–water partition coefficient (Wildman–Crippen LogP) is 0.931. The number of hydrogen-bond acceptors (Lipinski definition) is 4. The monoisotopic (exact) mass is 466 g/mol. The molecule has 3 aliphatic rings. The summed E-state index contributed by atoms with van der Waals surface area (Å²) in [5, 5.41) is 3.37.